The molecule has 0 aliphatic rings. The molecule has 3 aromatic carbocycles. The largest absolute Gasteiger partial charge is 0.338 e. The first-order valence-corrected chi connectivity index (χ1v) is 9.28. The molecule has 110 valence electrons. The van der Waals surface area contributed by atoms with Crippen molar-refractivity contribution in [2.45, 2.75) is 0 Å². The lowest BCUT2D eigenvalue weighted by molar-refractivity contribution is 0.501. The maximum atomic E-state index is 13.0. The van der Waals surface area contributed by atoms with E-state index in [1.165, 1.54) is 0 Å². The van der Waals surface area contributed by atoms with Crippen molar-refractivity contribution in [3.63, 3.8) is 0 Å². The van der Waals surface area contributed by atoms with Gasteiger partial charge in [0.15, 0.2) is 0 Å². The fourth-order valence-electron chi connectivity index (χ4n) is 2.38. The van der Waals surface area contributed by atoms with Crippen LogP contribution in [0.4, 0.5) is 0 Å². The van der Waals surface area contributed by atoms with Crippen LogP contribution in [0.3, 0.4) is 0 Å². The smallest absolute Gasteiger partial charge is 0.259 e. The summed E-state index contributed by atoms with van der Waals surface area (Å²) in [5.41, 5.74) is 1.70. The molecule has 1 N–H and O–H groups in total. The third kappa shape index (κ3) is 2.93. The lowest BCUT2D eigenvalue weighted by Gasteiger charge is -2.16. The average Bonchev–Trinajstić information content (AvgIpc) is 2.56. The molecule has 0 aliphatic carbocycles. The van der Waals surface area contributed by atoms with E-state index in [2.05, 4.69) is 15.9 Å². The number of benzene rings is 3. The van der Waals surface area contributed by atoms with E-state index in [-0.39, 0.29) is 0 Å². The summed E-state index contributed by atoms with van der Waals surface area (Å²) in [5.74, 6) is 0. The molecule has 0 amide bonds. The first-order valence-electron chi connectivity index (χ1n) is 6.83. The van der Waals surface area contributed by atoms with Gasteiger partial charge in [-0.3, -0.25) is 4.57 Å². The Hall–Kier alpha value is -1.67. The molecule has 22 heavy (non-hydrogen) atoms. The molecule has 0 fully saturated rings. The minimum atomic E-state index is -3.62. The van der Waals surface area contributed by atoms with E-state index in [4.69, 9.17) is 0 Å². The molecule has 3 rings (SSSR count). The summed E-state index contributed by atoms with van der Waals surface area (Å²) < 4.78 is 14.0. The predicted octanol–water partition coefficient (Wildman–Crippen LogP) is 4.34. The molecule has 1 unspecified atom stereocenters. The van der Waals surface area contributed by atoms with Gasteiger partial charge in [0.2, 0.25) is 0 Å². The van der Waals surface area contributed by atoms with Gasteiger partial charge >= 0.3 is 0 Å². The Morgan fingerprint density at radius 1 is 0.773 bits per heavy atom. The van der Waals surface area contributed by atoms with Crippen LogP contribution in [0, 0.1) is 0 Å². The van der Waals surface area contributed by atoms with Crippen molar-refractivity contribution in [3.05, 3.63) is 83.3 Å². The molecule has 0 radical (unpaired) electrons. The fraction of sp³-hybridized carbons (Fsp3) is 0. The Morgan fingerprint density at radius 3 is 2.05 bits per heavy atom. The van der Waals surface area contributed by atoms with E-state index < -0.39 is 7.37 Å². The summed E-state index contributed by atoms with van der Waals surface area (Å²) in [5, 5.41) is 0.906. The number of rotatable bonds is 3. The van der Waals surface area contributed by atoms with Gasteiger partial charge in [0, 0.05) is 15.1 Å². The first-order chi connectivity index (χ1) is 10.6. The fourth-order valence-corrected chi connectivity index (χ4v) is 4.32. The van der Waals surface area contributed by atoms with Crippen molar-refractivity contribution in [2.24, 2.45) is 0 Å². The van der Waals surface area contributed by atoms with Crippen LogP contribution in [0.5, 0.6) is 0 Å². The monoisotopic (exact) mass is 372 g/mol. The quantitative estimate of drug-likeness (QED) is 0.694. The summed E-state index contributed by atoms with van der Waals surface area (Å²) in [4.78, 5) is 10.7. The van der Waals surface area contributed by atoms with E-state index in [0.717, 1.165) is 15.6 Å². The van der Waals surface area contributed by atoms with Gasteiger partial charge in [-0.05, 0) is 41.5 Å². The molecule has 0 aliphatic heterocycles. The molecule has 0 saturated heterocycles. The highest BCUT2D eigenvalue weighted by Crippen LogP contribution is 2.41. The van der Waals surface area contributed by atoms with E-state index in [0.29, 0.717) is 10.6 Å². The molecular weight excluding hydrogens is 359 g/mol. The molecule has 0 heterocycles. The van der Waals surface area contributed by atoms with Crippen LogP contribution < -0.4 is 10.6 Å². The molecule has 0 spiro atoms. The molecule has 1 atom stereocenters. The van der Waals surface area contributed by atoms with E-state index in [1.807, 2.05) is 42.5 Å². The van der Waals surface area contributed by atoms with Crippen molar-refractivity contribution in [3.8, 4) is 11.1 Å². The highest BCUT2D eigenvalue weighted by molar-refractivity contribution is 9.10. The van der Waals surface area contributed by atoms with Crippen molar-refractivity contribution < 1.29 is 9.46 Å². The normalized spacial score (nSPS) is 13.5. The second-order valence-corrected chi connectivity index (χ2v) is 8.00. The van der Waals surface area contributed by atoms with E-state index in [9.17, 15) is 9.46 Å². The summed E-state index contributed by atoms with van der Waals surface area (Å²) in [7, 11) is -3.62. The van der Waals surface area contributed by atoms with Gasteiger partial charge < -0.3 is 4.89 Å². The Balaban J connectivity index is 2.16. The summed E-state index contributed by atoms with van der Waals surface area (Å²) in [6.07, 6.45) is 0. The van der Waals surface area contributed by atoms with Gasteiger partial charge in [-0.2, -0.15) is 0 Å². The third-order valence-corrected chi connectivity index (χ3v) is 6.06. The van der Waals surface area contributed by atoms with Crippen molar-refractivity contribution >= 4 is 33.9 Å². The molecular formula is C18H14BrO2P. The van der Waals surface area contributed by atoms with Gasteiger partial charge in [-0.25, -0.2) is 0 Å². The topological polar surface area (TPSA) is 37.3 Å². The van der Waals surface area contributed by atoms with Gasteiger partial charge in [-0.15, -0.1) is 0 Å². The zero-order chi connectivity index (χ0) is 15.6. The number of hydrogen-bond acceptors (Lipinski definition) is 1. The van der Waals surface area contributed by atoms with Crippen molar-refractivity contribution in [2.75, 3.05) is 0 Å². The maximum Gasteiger partial charge on any atom is 0.259 e. The Bertz CT molecular complexity index is 829. The second-order valence-electron chi connectivity index (χ2n) is 4.94. The van der Waals surface area contributed by atoms with Crippen LogP contribution in [0.15, 0.2) is 83.3 Å². The van der Waals surface area contributed by atoms with Crippen molar-refractivity contribution in [1.29, 1.82) is 0 Å². The lowest BCUT2D eigenvalue weighted by Crippen LogP contribution is -2.17. The van der Waals surface area contributed by atoms with Crippen LogP contribution in [0.2, 0.25) is 0 Å². The Morgan fingerprint density at radius 2 is 1.36 bits per heavy atom. The molecule has 0 saturated carbocycles. The summed E-state index contributed by atoms with van der Waals surface area (Å²) >= 11 is 3.41. The lowest BCUT2D eigenvalue weighted by atomic mass is 10.1. The third-order valence-electron chi connectivity index (χ3n) is 3.49. The van der Waals surface area contributed by atoms with Crippen molar-refractivity contribution in [1.82, 2.24) is 0 Å². The average molecular weight is 373 g/mol. The molecule has 0 aromatic heterocycles. The van der Waals surface area contributed by atoms with E-state index >= 15 is 0 Å². The number of halogens is 1. The van der Waals surface area contributed by atoms with Gasteiger partial charge in [0.05, 0.1) is 0 Å². The molecule has 4 heteroatoms. The zero-order valence-electron chi connectivity index (χ0n) is 11.7. The Kier molecular flexibility index (Phi) is 4.30. The zero-order valence-corrected chi connectivity index (χ0v) is 14.2. The number of hydrogen-bond donors (Lipinski definition) is 1. The molecule has 3 aromatic rings. The van der Waals surface area contributed by atoms with Gasteiger partial charge in [0.25, 0.3) is 7.37 Å². The Labute approximate surface area is 138 Å². The highest BCUT2D eigenvalue weighted by Gasteiger charge is 2.26. The standard InChI is InChI=1S/C18H14BrO2P/c19-15-12-10-14(11-13-15)17-8-4-5-9-18(17)22(20,21)16-6-2-1-3-7-16/h1-13H,(H,20,21). The minimum absolute atomic E-state index is 0.444. The maximum absolute atomic E-state index is 13.0. The van der Waals surface area contributed by atoms with Crippen LogP contribution in [0.1, 0.15) is 0 Å². The van der Waals surface area contributed by atoms with Gasteiger partial charge in [-0.1, -0.05) is 64.5 Å². The summed E-state index contributed by atoms with van der Waals surface area (Å²) in [6.45, 7) is 0. The highest BCUT2D eigenvalue weighted by atomic mass is 79.9. The minimum Gasteiger partial charge on any atom is -0.338 e. The molecule has 2 nitrogen and oxygen atoms in total. The first kappa shape index (κ1) is 15.2. The van der Waals surface area contributed by atoms with Crippen LogP contribution >= 0.6 is 23.3 Å². The van der Waals surface area contributed by atoms with Crippen LogP contribution in [-0.2, 0) is 4.57 Å². The molecule has 0 bridgehead atoms. The van der Waals surface area contributed by atoms with Crippen LogP contribution in [0.25, 0.3) is 11.1 Å². The summed E-state index contributed by atoms with van der Waals surface area (Å²) in [6, 6.07) is 23.8. The van der Waals surface area contributed by atoms with Crippen LogP contribution in [-0.4, -0.2) is 4.89 Å². The second kappa shape index (κ2) is 6.21. The van der Waals surface area contributed by atoms with Gasteiger partial charge in [0.1, 0.15) is 0 Å². The predicted molar refractivity (Wildman–Crippen MR) is 95.1 cm³/mol. The van der Waals surface area contributed by atoms with E-state index in [1.54, 1.807) is 36.4 Å². The SMILES string of the molecule is O=P(O)(c1ccccc1)c1ccccc1-c1ccc(Br)cc1.